The van der Waals surface area contributed by atoms with Crippen molar-refractivity contribution >= 4 is 17.3 Å². The van der Waals surface area contributed by atoms with Crippen LogP contribution in [-0.2, 0) is 0 Å². The van der Waals surface area contributed by atoms with Gasteiger partial charge in [0.2, 0.25) is 0 Å². The number of carbonyl (C=O) groups is 1. The number of hydrogen-bond donors (Lipinski definition) is 1. The van der Waals surface area contributed by atoms with E-state index in [1.807, 2.05) is 5.38 Å². The van der Waals surface area contributed by atoms with E-state index < -0.39 is 0 Å². The number of nitrogens with zero attached hydrogens (tertiary/aromatic N) is 1. The van der Waals surface area contributed by atoms with Crippen LogP contribution in [0.1, 0.15) is 30.1 Å². The Hall–Kier alpha value is -0.740. The summed E-state index contributed by atoms with van der Waals surface area (Å²) in [4.78, 5) is 11.9. The molecule has 2 atom stereocenters. The molecule has 0 radical (unpaired) electrons. The van der Waals surface area contributed by atoms with Gasteiger partial charge in [-0.15, -0.1) is 0 Å². The molecule has 14 heavy (non-hydrogen) atoms. The van der Waals surface area contributed by atoms with Crippen LogP contribution in [0.25, 0.3) is 0 Å². The standard InChI is InChI=1S/C10H14N2OS/c1-7-2-3-8(4-11-7)10(13)9-5-12-14-6-9/h5-8,11H,2-4H2,1H3. The lowest BCUT2D eigenvalue weighted by Crippen LogP contribution is -2.39. The first-order chi connectivity index (χ1) is 6.77. The molecule has 2 rings (SSSR count). The monoisotopic (exact) mass is 210 g/mol. The van der Waals surface area contributed by atoms with E-state index in [-0.39, 0.29) is 11.7 Å². The first-order valence-corrected chi connectivity index (χ1v) is 5.78. The van der Waals surface area contributed by atoms with Gasteiger partial charge < -0.3 is 5.32 Å². The third-order valence-electron chi connectivity index (χ3n) is 2.75. The number of Topliss-reactive ketones (excluding diaryl/α,β-unsaturated/α-hetero) is 1. The quantitative estimate of drug-likeness (QED) is 0.756. The first kappa shape index (κ1) is 9.80. The fraction of sp³-hybridized carbons (Fsp3) is 0.600. The number of piperidine rings is 1. The summed E-state index contributed by atoms with van der Waals surface area (Å²) < 4.78 is 3.95. The van der Waals surface area contributed by atoms with Gasteiger partial charge in [0.05, 0.1) is 6.20 Å². The molecule has 0 bridgehead atoms. The molecular formula is C10H14N2OS. The molecule has 4 heteroatoms. The number of aromatic nitrogens is 1. The first-order valence-electron chi connectivity index (χ1n) is 4.94. The highest BCUT2D eigenvalue weighted by atomic mass is 32.1. The van der Waals surface area contributed by atoms with Crippen LogP contribution in [0.3, 0.4) is 0 Å². The van der Waals surface area contributed by atoms with Crippen LogP contribution >= 0.6 is 11.5 Å². The second-order valence-corrected chi connectivity index (χ2v) is 4.52. The molecule has 0 spiro atoms. The Bertz CT molecular complexity index is 302. The molecule has 0 aromatic carbocycles. The second-order valence-electron chi connectivity index (χ2n) is 3.86. The van der Waals surface area contributed by atoms with Crippen molar-refractivity contribution in [2.75, 3.05) is 6.54 Å². The molecule has 0 saturated carbocycles. The van der Waals surface area contributed by atoms with Gasteiger partial charge >= 0.3 is 0 Å². The highest BCUT2D eigenvalue weighted by molar-refractivity contribution is 7.03. The second kappa shape index (κ2) is 4.19. The Morgan fingerprint density at radius 1 is 1.64 bits per heavy atom. The summed E-state index contributed by atoms with van der Waals surface area (Å²) in [7, 11) is 0. The highest BCUT2D eigenvalue weighted by Crippen LogP contribution is 2.19. The van der Waals surface area contributed by atoms with Gasteiger partial charge in [-0.1, -0.05) is 0 Å². The van der Waals surface area contributed by atoms with E-state index in [1.54, 1.807) is 6.20 Å². The third-order valence-corrected chi connectivity index (χ3v) is 3.33. The highest BCUT2D eigenvalue weighted by Gasteiger charge is 2.25. The fourth-order valence-electron chi connectivity index (χ4n) is 1.78. The van der Waals surface area contributed by atoms with Crippen molar-refractivity contribution in [3.63, 3.8) is 0 Å². The van der Waals surface area contributed by atoms with Gasteiger partial charge in [-0.25, -0.2) is 4.37 Å². The molecular weight excluding hydrogens is 196 g/mol. The fourth-order valence-corrected chi connectivity index (χ4v) is 2.31. The van der Waals surface area contributed by atoms with Gasteiger partial charge in [-0.2, -0.15) is 0 Å². The van der Waals surface area contributed by atoms with Crippen LogP contribution in [-0.4, -0.2) is 22.7 Å². The normalized spacial score (nSPS) is 27.5. The molecule has 1 fully saturated rings. The summed E-state index contributed by atoms with van der Waals surface area (Å²) >= 11 is 1.34. The number of hydrogen-bond acceptors (Lipinski definition) is 4. The average molecular weight is 210 g/mol. The molecule has 1 saturated heterocycles. The molecule has 1 aliphatic rings. The smallest absolute Gasteiger partial charge is 0.169 e. The molecule has 0 amide bonds. The van der Waals surface area contributed by atoms with Crippen LogP contribution in [0.4, 0.5) is 0 Å². The lowest BCUT2D eigenvalue weighted by atomic mass is 9.90. The zero-order chi connectivity index (χ0) is 9.97. The Morgan fingerprint density at radius 2 is 2.50 bits per heavy atom. The maximum Gasteiger partial charge on any atom is 0.169 e. The molecule has 1 aromatic rings. The van der Waals surface area contributed by atoms with Crippen LogP contribution in [0.5, 0.6) is 0 Å². The Labute approximate surface area is 87.7 Å². The topological polar surface area (TPSA) is 42.0 Å². The minimum Gasteiger partial charge on any atom is -0.314 e. The summed E-state index contributed by atoms with van der Waals surface area (Å²) in [6, 6.07) is 0.555. The van der Waals surface area contributed by atoms with Crippen molar-refractivity contribution in [3.05, 3.63) is 17.1 Å². The largest absolute Gasteiger partial charge is 0.314 e. The zero-order valence-corrected chi connectivity index (χ0v) is 9.01. The Kier molecular flexibility index (Phi) is 2.93. The maximum atomic E-state index is 11.9. The summed E-state index contributed by atoms with van der Waals surface area (Å²) in [6.45, 7) is 2.97. The Morgan fingerprint density at radius 3 is 3.07 bits per heavy atom. The molecule has 0 aliphatic carbocycles. The van der Waals surface area contributed by atoms with Gasteiger partial charge in [0.1, 0.15) is 0 Å². The minimum absolute atomic E-state index is 0.155. The lowest BCUT2D eigenvalue weighted by Gasteiger charge is -2.26. The van der Waals surface area contributed by atoms with Gasteiger partial charge in [0.25, 0.3) is 0 Å². The van der Waals surface area contributed by atoms with Crippen molar-refractivity contribution in [2.24, 2.45) is 5.92 Å². The van der Waals surface area contributed by atoms with Crippen molar-refractivity contribution < 1.29 is 4.79 Å². The van der Waals surface area contributed by atoms with Gasteiger partial charge in [-0.3, -0.25) is 4.79 Å². The predicted octanol–water partition coefficient (Wildman–Crippen LogP) is 1.71. The van der Waals surface area contributed by atoms with E-state index in [2.05, 4.69) is 16.6 Å². The number of rotatable bonds is 2. The van der Waals surface area contributed by atoms with Crippen molar-refractivity contribution in [3.8, 4) is 0 Å². The Balaban J connectivity index is 1.99. The number of ketones is 1. The lowest BCUT2D eigenvalue weighted by molar-refractivity contribution is 0.0891. The maximum absolute atomic E-state index is 11.9. The number of nitrogens with one attached hydrogen (secondary N) is 1. The predicted molar refractivity (Wildman–Crippen MR) is 56.6 cm³/mol. The SMILES string of the molecule is CC1CCC(C(=O)c2cnsc2)CN1. The zero-order valence-electron chi connectivity index (χ0n) is 8.19. The van der Waals surface area contributed by atoms with E-state index in [1.165, 1.54) is 11.5 Å². The van der Waals surface area contributed by atoms with E-state index in [0.717, 1.165) is 24.9 Å². The molecule has 76 valence electrons. The molecule has 2 unspecified atom stereocenters. The van der Waals surface area contributed by atoms with Gasteiger partial charge in [0.15, 0.2) is 5.78 Å². The van der Waals surface area contributed by atoms with E-state index in [0.29, 0.717) is 6.04 Å². The van der Waals surface area contributed by atoms with E-state index >= 15 is 0 Å². The molecule has 1 aromatic heterocycles. The van der Waals surface area contributed by atoms with E-state index in [9.17, 15) is 4.79 Å². The summed E-state index contributed by atoms with van der Waals surface area (Å²) in [5, 5.41) is 5.17. The van der Waals surface area contributed by atoms with Crippen molar-refractivity contribution in [1.82, 2.24) is 9.69 Å². The minimum atomic E-state index is 0.155. The van der Waals surface area contributed by atoms with Gasteiger partial charge in [-0.05, 0) is 31.3 Å². The van der Waals surface area contributed by atoms with Crippen LogP contribution in [0, 0.1) is 5.92 Å². The summed E-state index contributed by atoms with van der Waals surface area (Å²) in [5.41, 5.74) is 0.774. The molecule has 1 N–H and O–H groups in total. The summed E-state index contributed by atoms with van der Waals surface area (Å²) in [5.74, 6) is 0.403. The van der Waals surface area contributed by atoms with Crippen LogP contribution in [0.2, 0.25) is 0 Å². The third kappa shape index (κ3) is 2.01. The average Bonchev–Trinajstić information content (AvgIpc) is 2.71. The summed E-state index contributed by atoms with van der Waals surface area (Å²) in [6.07, 6.45) is 3.77. The molecule has 2 heterocycles. The van der Waals surface area contributed by atoms with Crippen molar-refractivity contribution in [1.29, 1.82) is 0 Å². The van der Waals surface area contributed by atoms with Crippen LogP contribution < -0.4 is 5.32 Å². The van der Waals surface area contributed by atoms with Crippen molar-refractivity contribution in [2.45, 2.75) is 25.8 Å². The van der Waals surface area contributed by atoms with Gasteiger partial charge in [0, 0.05) is 29.4 Å². The molecule has 3 nitrogen and oxygen atoms in total. The number of carbonyl (C=O) groups excluding carboxylic acids is 1. The van der Waals surface area contributed by atoms with Crippen LogP contribution in [0.15, 0.2) is 11.6 Å². The molecule has 1 aliphatic heterocycles. The van der Waals surface area contributed by atoms with E-state index in [4.69, 9.17) is 0 Å².